The number of aryl methyl sites for hydroxylation is 4. The van der Waals surface area contributed by atoms with Gasteiger partial charge in [0.05, 0.1) is 30.6 Å². The molecule has 0 saturated carbocycles. The number of ether oxygens (including phenoxy) is 3. The van der Waals surface area contributed by atoms with E-state index >= 15 is 0 Å². The van der Waals surface area contributed by atoms with Crippen molar-refractivity contribution >= 4 is 43.8 Å². The number of benzene rings is 2. The fraction of sp³-hybridized carbons (Fsp3) is 0.467. The zero-order valence-corrected chi connectivity index (χ0v) is 30.1. The molecule has 48 heavy (non-hydrogen) atoms. The van der Waals surface area contributed by atoms with Crippen molar-refractivity contribution in [2.45, 2.75) is 44.4 Å². The number of hydrogen-bond acceptors (Lipinski definition) is 11. The molecule has 0 radical (unpaired) electrons. The number of carbonyl (C=O) groups is 4. The smallest absolute Gasteiger partial charge is 0.396 e. The largest absolute Gasteiger partial charge is 0.497 e. The second-order valence-corrected chi connectivity index (χ2v) is 14.3. The van der Waals surface area contributed by atoms with E-state index in [0.717, 1.165) is 8.61 Å². The van der Waals surface area contributed by atoms with Gasteiger partial charge in [-0.3, -0.25) is 9.59 Å². The van der Waals surface area contributed by atoms with E-state index in [1.165, 1.54) is 28.3 Å². The molecule has 18 heteroatoms. The minimum atomic E-state index is -3.76. The number of esters is 1. The molecular weight excluding hydrogens is 672 g/mol. The number of methoxy groups -OCH3 is 2. The van der Waals surface area contributed by atoms with Crippen LogP contribution >= 0.6 is 0 Å². The monoisotopic (exact) mass is 716 g/mol. The molecule has 0 aliphatic heterocycles. The summed E-state index contributed by atoms with van der Waals surface area (Å²) in [7, 11) is -1.72. The number of aliphatic carboxylic acids is 1. The number of carbonyl (C=O) groups excluding carboxylic acids is 3. The average molecular weight is 717 g/mol. The Morgan fingerprint density at radius 1 is 0.688 bits per heavy atom. The van der Waals surface area contributed by atoms with Crippen LogP contribution in [0.1, 0.15) is 29.2 Å². The molecular formula is C30H44N4O12S2. The van der Waals surface area contributed by atoms with Crippen molar-refractivity contribution in [2.24, 2.45) is 0 Å². The Kier molecular flexibility index (Phi) is 15.9. The van der Waals surface area contributed by atoms with Gasteiger partial charge in [-0.05, 0) is 81.1 Å². The van der Waals surface area contributed by atoms with Crippen LogP contribution < -0.4 is 20.1 Å². The van der Waals surface area contributed by atoms with Crippen LogP contribution in [0, 0.1) is 27.7 Å². The van der Waals surface area contributed by atoms with Gasteiger partial charge in [-0.15, -0.1) is 0 Å². The van der Waals surface area contributed by atoms with Gasteiger partial charge >= 0.3 is 23.8 Å². The molecule has 2 aromatic carbocycles. The molecule has 0 spiro atoms. The van der Waals surface area contributed by atoms with E-state index in [1.807, 2.05) is 0 Å². The highest BCUT2D eigenvalue weighted by Crippen LogP contribution is 2.28. The average Bonchev–Trinajstić information content (AvgIpc) is 2.99. The fourth-order valence-corrected chi connectivity index (χ4v) is 7.57. The molecule has 0 atom stereocenters. The van der Waals surface area contributed by atoms with Crippen LogP contribution in [0.25, 0.3) is 0 Å². The van der Waals surface area contributed by atoms with Crippen molar-refractivity contribution in [1.29, 1.82) is 0 Å². The molecule has 0 unspecified atom stereocenters. The van der Waals surface area contributed by atoms with E-state index in [2.05, 4.69) is 15.4 Å². The lowest BCUT2D eigenvalue weighted by Gasteiger charge is -2.20. The van der Waals surface area contributed by atoms with Crippen molar-refractivity contribution in [2.75, 3.05) is 61.1 Å². The second kappa shape index (κ2) is 18.3. The first kappa shape index (κ1) is 41.8. The number of carboxylic acids is 1. The van der Waals surface area contributed by atoms with Crippen LogP contribution in [0.3, 0.4) is 0 Å². The summed E-state index contributed by atoms with van der Waals surface area (Å²) in [5.74, 6) is -3.53. The molecule has 3 N–H and O–H groups in total. The minimum absolute atomic E-state index is 0.0123. The van der Waals surface area contributed by atoms with E-state index in [-0.39, 0.29) is 42.6 Å². The Hall–Kier alpha value is -4.26. The molecule has 0 aliphatic rings. The van der Waals surface area contributed by atoms with Gasteiger partial charge in [0.15, 0.2) is 0 Å². The molecule has 0 aromatic heterocycles. The molecule has 0 bridgehead atoms. The Balaban J connectivity index is 0.000000482. The highest BCUT2D eigenvalue weighted by Gasteiger charge is 2.27. The third kappa shape index (κ3) is 11.2. The molecule has 0 saturated heterocycles. The van der Waals surface area contributed by atoms with E-state index in [1.54, 1.807) is 58.9 Å². The maximum absolute atomic E-state index is 12.8. The molecule has 0 aliphatic carbocycles. The standard InChI is InChI=1S/C16H24N2O6S.C14H20N2O6S/c1-6-24-16(20)15(19)17-7-8-18(4)25(21,22)14-11(2)9-13(23-5)10-12(14)3;1-9-7-11(22-4)8-10(2)12(9)23(20,21)16(3)6-5-15-13(17)14(18)19/h9-10H,6-8H2,1-5H3,(H,17,19);7-8H,5-6H2,1-4H3,(H,15,17)(H,18,19). The van der Waals surface area contributed by atoms with E-state index in [4.69, 9.17) is 14.6 Å². The summed E-state index contributed by atoms with van der Waals surface area (Å²) in [6.07, 6.45) is 0. The van der Waals surface area contributed by atoms with Gasteiger partial charge in [0.25, 0.3) is 0 Å². The molecule has 2 aromatic rings. The van der Waals surface area contributed by atoms with Crippen LogP contribution in [-0.2, 0) is 44.0 Å². The zero-order chi connectivity index (χ0) is 37.0. The molecule has 268 valence electrons. The first-order valence-electron chi connectivity index (χ1n) is 14.4. The molecule has 16 nitrogen and oxygen atoms in total. The number of amides is 2. The normalized spacial score (nSPS) is 11.3. The Morgan fingerprint density at radius 2 is 1.02 bits per heavy atom. The predicted octanol–water partition coefficient (Wildman–Crippen LogP) is 0.745. The third-order valence-electron chi connectivity index (χ3n) is 6.76. The van der Waals surface area contributed by atoms with E-state index in [0.29, 0.717) is 33.8 Å². The lowest BCUT2D eigenvalue weighted by atomic mass is 10.1. The lowest BCUT2D eigenvalue weighted by molar-refractivity contribution is -0.154. The van der Waals surface area contributed by atoms with Crippen molar-refractivity contribution < 1.29 is 55.3 Å². The number of nitrogens with zero attached hydrogens (tertiary/aromatic N) is 2. The minimum Gasteiger partial charge on any atom is -0.497 e. The van der Waals surface area contributed by atoms with Crippen molar-refractivity contribution in [3.05, 3.63) is 46.5 Å². The van der Waals surface area contributed by atoms with Crippen LogP contribution in [0.5, 0.6) is 11.5 Å². The van der Waals surface area contributed by atoms with Crippen LogP contribution in [0.4, 0.5) is 0 Å². The quantitative estimate of drug-likeness (QED) is 0.193. The van der Waals surface area contributed by atoms with Crippen molar-refractivity contribution in [3.63, 3.8) is 0 Å². The van der Waals surface area contributed by atoms with Crippen LogP contribution in [-0.4, -0.2) is 115 Å². The number of hydrogen-bond donors (Lipinski definition) is 3. The van der Waals surface area contributed by atoms with Gasteiger partial charge in [-0.1, -0.05) is 0 Å². The summed E-state index contributed by atoms with van der Waals surface area (Å²) in [5.41, 5.74) is 2.23. The van der Waals surface area contributed by atoms with Crippen LogP contribution in [0.2, 0.25) is 0 Å². The van der Waals surface area contributed by atoms with Crippen LogP contribution in [0.15, 0.2) is 34.1 Å². The lowest BCUT2D eigenvalue weighted by Crippen LogP contribution is -2.39. The number of likely N-dealkylation sites (N-methyl/N-ethyl adjacent to an activating group) is 2. The van der Waals surface area contributed by atoms with Crippen molar-refractivity contribution in [1.82, 2.24) is 19.2 Å². The number of rotatable bonds is 13. The van der Waals surface area contributed by atoms with Gasteiger partial charge in [-0.25, -0.2) is 26.4 Å². The molecule has 2 amide bonds. The Bertz CT molecular complexity index is 1660. The zero-order valence-electron chi connectivity index (χ0n) is 28.5. The van der Waals surface area contributed by atoms with Gasteiger partial charge in [0.1, 0.15) is 11.5 Å². The predicted molar refractivity (Wildman–Crippen MR) is 175 cm³/mol. The Labute approximate surface area is 281 Å². The first-order valence-corrected chi connectivity index (χ1v) is 17.3. The topological polar surface area (TPSA) is 215 Å². The Morgan fingerprint density at radius 3 is 1.31 bits per heavy atom. The summed E-state index contributed by atoms with van der Waals surface area (Å²) < 4.78 is 67.8. The first-order chi connectivity index (χ1) is 22.3. The van der Waals surface area contributed by atoms with Gasteiger partial charge in [-0.2, -0.15) is 8.61 Å². The second-order valence-electron chi connectivity index (χ2n) is 10.4. The molecule has 2 rings (SSSR count). The third-order valence-corrected chi connectivity index (χ3v) is 11.1. The number of sulfonamides is 2. The maximum Gasteiger partial charge on any atom is 0.396 e. The summed E-state index contributed by atoms with van der Waals surface area (Å²) >= 11 is 0. The highest BCUT2D eigenvalue weighted by molar-refractivity contribution is 7.89. The SMILES string of the molecule is CCOC(=O)C(=O)NCCN(C)S(=O)(=O)c1c(C)cc(OC)cc1C.COc1cc(C)c(S(=O)(=O)N(C)CCNC(=O)C(=O)O)c(C)c1. The van der Waals surface area contributed by atoms with E-state index < -0.39 is 43.8 Å². The summed E-state index contributed by atoms with van der Waals surface area (Å²) in [4.78, 5) is 44.3. The van der Waals surface area contributed by atoms with Crippen molar-refractivity contribution in [3.8, 4) is 11.5 Å². The maximum atomic E-state index is 12.8. The summed E-state index contributed by atoms with van der Waals surface area (Å²) in [6.45, 7) is 8.26. The summed E-state index contributed by atoms with van der Waals surface area (Å²) in [5, 5.41) is 12.9. The fourth-order valence-electron chi connectivity index (χ4n) is 4.42. The van der Waals surface area contributed by atoms with Gasteiger partial charge < -0.3 is 30.0 Å². The highest BCUT2D eigenvalue weighted by atomic mass is 32.2. The van der Waals surface area contributed by atoms with E-state index in [9.17, 15) is 36.0 Å². The molecule has 0 heterocycles. The molecule has 0 fully saturated rings. The summed E-state index contributed by atoms with van der Waals surface area (Å²) in [6, 6.07) is 6.55. The number of carboxylic acid groups (broad SMARTS) is 1. The van der Waals surface area contributed by atoms with Gasteiger partial charge in [0.2, 0.25) is 20.0 Å². The number of nitrogens with one attached hydrogen (secondary N) is 2. The van der Waals surface area contributed by atoms with Gasteiger partial charge in [0, 0.05) is 40.3 Å².